The average Bonchev–Trinajstić information content (AvgIpc) is 3.21. The Balaban J connectivity index is 1.45. The lowest BCUT2D eigenvalue weighted by Crippen LogP contribution is -2.24. The Labute approximate surface area is 199 Å². The molecule has 0 unspecified atom stereocenters. The molecule has 172 valence electrons. The monoisotopic (exact) mass is 482 g/mol. The second-order valence-corrected chi connectivity index (χ2v) is 10.1. The number of H-pyrrole nitrogens is 1. The van der Waals surface area contributed by atoms with Crippen molar-refractivity contribution in [1.82, 2.24) is 19.5 Å². The zero-order valence-corrected chi connectivity index (χ0v) is 20.2. The molecule has 7 nitrogen and oxygen atoms in total. The average molecular weight is 483 g/mol. The molecule has 0 bridgehead atoms. The van der Waals surface area contributed by atoms with Crippen molar-refractivity contribution in [3.05, 3.63) is 61.2 Å². The van der Waals surface area contributed by atoms with Gasteiger partial charge in [0, 0.05) is 24.6 Å². The van der Waals surface area contributed by atoms with Crippen LogP contribution < -0.4 is 11.1 Å². The molecule has 4 aromatic rings. The second kappa shape index (κ2) is 9.79. The van der Waals surface area contributed by atoms with E-state index in [1.54, 1.807) is 15.9 Å². The third-order valence-corrected chi connectivity index (χ3v) is 8.09. The lowest BCUT2D eigenvalue weighted by molar-refractivity contribution is 0.140. The van der Waals surface area contributed by atoms with E-state index in [4.69, 9.17) is 14.7 Å². The number of rotatable bonds is 8. The van der Waals surface area contributed by atoms with E-state index >= 15 is 0 Å². The summed E-state index contributed by atoms with van der Waals surface area (Å²) in [5.74, 6) is 1.05. The summed E-state index contributed by atoms with van der Waals surface area (Å²) in [4.78, 5) is 40.6. The molecule has 0 saturated carbocycles. The Morgan fingerprint density at radius 3 is 2.91 bits per heavy atom. The van der Waals surface area contributed by atoms with Crippen LogP contribution in [-0.4, -0.2) is 32.7 Å². The van der Waals surface area contributed by atoms with Gasteiger partial charge in [-0.05, 0) is 56.7 Å². The van der Waals surface area contributed by atoms with Gasteiger partial charge in [0.15, 0.2) is 5.16 Å². The van der Waals surface area contributed by atoms with Gasteiger partial charge in [-0.3, -0.25) is 14.2 Å². The largest absolute Gasteiger partial charge is 0.382 e. The van der Waals surface area contributed by atoms with E-state index in [9.17, 15) is 9.59 Å². The fraction of sp³-hybridized carbons (Fsp3) is 0.417. The first-order valence-corrected chi connectivity index (χ1v) is 13.2. The molecule has 3 aromatic heterocycles. The molecule has 3 heterocycles. The number of aromatic amines is 1. The maximum Gasteiger partial charge on any atom is 0.262 e. The summed E-state index contributed by atoms with van der Waals surface area (Å²) in [6, 6.07) is 7.40. The maximum atomic E-state index is 13.2. The van der Waals surface area contributed by atoms with E-state index in [1.807, 2.05) is 31.2 Å². The Morgan fingerprint density at radius 2 is 2.03 bits per heavy atom. The van der Waals surface area contributed by atoms with Gasteiger partial charge in [-0.1, -0.05) is 23.9 Å². The number of thiophene rings is 1. The van der Waals surface area contributed by atoms with Gasteiger partial charge in [-0.25, -0.2) is 9.97 Å². The molecule has 0 spiro atoms. The summed E-state index contributed by atoms with van der Waals surface area (Å²) >= 11 is 3.08. The van der Waals surface area contributed by atoms with E-state index in [0.717, 1.165) is 35.9 Å². The molecule has 9 heteroatoms. The van der Waals surface area contributed by atoms with Gasteiger partial charge in [0.1, 0.15) is 10.7 Å². The summed E-state index contributed by atoms with van der Waals surface area (Å²) in [6.45, 7) is 3.73. The van der Waals surface area contributed by atoms with Crippen LogP contribution in [0, 0.1) is 0 Å². The molecule has 5 rings (SSSR count). The van der Waals surface area contributed by atoms with Crippen molar-refractivity contribution >= 4 is 44.2 Å². The van der Waals surface area contributed by atoms with Gasteiger partial charge in [0.25, 0.3) is 11.1 Å². The number of fused-ring (bicyclic) bond motifs is 4. The van der Waals surface area contributed by atoms with Crippen LogP contribution in [0.4, 0.5) is 0 Å². The van der Waals surface area contributed by atoms with Crippen LogP contribution in [0.2, 0.25) is 0 Å². The smallest absolute Gasteiger partial charge is 0.262 e. The highest BCUT2D eigenvalue weighted by Gasteiger charge is 2.20. The Kier molecular flexibility index (Phi) is 6.62. The van der Waals surface area contributed by atoms with Crippen LogP contribution in [0.3, 0.4) is 0 Å². The Bertz CT molecular complexity index is 1420. The summed E-state index contributed by atoms with van der Waals surface area (Å²) < 4.78 is 7.16. The molecular weight excluding hydrogens is 456 g/mol. The third kappa shape index (κ3) is 4.49. The fourth-order valence-electron chi connectivity index (χ4n) is 4.33. The first kappa shape index (κ1) is 22.3. The quantitative estimate of drug-likeness (QED) is 0.229. The van der Waals surface area contributed by atoms with E-state index in [0.29, 0.717) is 47.4 Å². The number of benzene rings is 1. The van der Waals surface area contributed by atoms with Crippen LogP contribution in [0.15, 0.2) is 39.0 Å². The normalized spacial score (nSPS) is 13.6. The van der Waals surface area contributed by atoms with Crippen molar-refractivity contribution in [2.24, 2.45) is 0 Å². The lowest BCUT2D eigenvalue weighted by Gasteiger charge is -2.13. The standard InChI is InChI=1S/C24H26N4O3S2/c1-2-31-13-7-12-28-23(30)15-8-3-5-10-17(15)25-24(28)32-14-19-26-21(29)20-16-9-4-6-11-18(16)33-22(20)27-19/h3,5,8,10H,2,4,6-7,9,11-14H2,1H3,(H,26,27,29). The van der Waals surface area contributed by atoms with Crippen molar-refractivity contribution < 1.29 is 4.74 Å². The van der Waals surface area contributed by atoms with E-state index in [-0.39, 0.29) is 11.1 Å². The third-order valence-electron chi connectivity index (χ3n) is 5.91. The van der Waals surface area contributed by atoms with Crippen LogP contribution in [0.25, 0.3) is 21.1 Å². The molecule has 33 heavy (non-hydrogen) atoms. The van der Waals surface area contributed by atoms with Crippen molar-refractivity contribution in [2.75, 3.05) is 13.2 Å². The number of hydrogen-bond acceptors (Lipinski definition) is 7. The summed E-state index contributed by atoms with van der Waals surface area (Å²) in [6.07, 6.45) is 5.03. The molecular formula is C24H26N4O3S2. The predicted octanol–water partition coefficient (Wildman–Crippen LogP) is 4.29. The first-order chi connectivity index (χ1) is 16.2. The topological polar surface area (TPSA) is 89.9 Å². The Morgan fingerprint density at radius 1 is 1.18 bits per heavy atom. The Hall–Kier alpha value is -2.49. The van der Waals surface area contributed by atoms with Crippen molar-refractivity contribution in [3.63, 3.8) is 0 Å². The first-order valence-electron chi connectivity index (χ1n) is 11.4. The zero-order valence-electron chi connectivity index (χ0n) is 18.6. The minimum absolute atomic E-state index is 0.0533. The fourth-order valence-corrected chi connectivity index (χ4v) is 6.51. The number of aromatic nitrogens is 4. The summed E-state index contributed by atoms with van der Waals surface area (Å²) in [5, 5.41) is 2.00. The van der Waals surface area contributed by atoms with Crippen molar-refractivity contribution in [1.29, 1.82) is 0 Å². The molecule has 0 saturated heterocycles. The van der Waals surface area contributed by atoms with Crippen LogP contribution in [0.5, 0.6) is 0 Å². The van der Waals surface area contributed by atoms with Crippen molar-refractivity contribution in [3.8, 4) is 0 Å². The van der Waals surface area contributed by atoms with Crippen molar-refractivity contribution in [2.45, 2.75) is 56.5 Å². The number of hydrogen-bond donors (Lipinski definition) is 1. The van der Waals surface area contributed by atoms with Gasteiger partial charge in [-0.2, -0.15) is 0 Å². The lowest BCUT2D eigenvalue weighted by atomic mass is 9.97. The molecule has 0 aliphatic heterocycles. The van der Waals surface area contributed by atoms with Gasteiger partial charge in [0.2, 0.25) is 0 Å². The molecule has 0 amide bonds. The highest BCUT2D eigenvalue weighted by molar-refractivity contribution is 7.98. The molecule has 0 atom stereocenters. The molecule has 1 aromatic carbocycles. The van der Waals surface area contributed by atoms with E-state index in [2.05, 4.69) is 4.98 Å². The maximum absolute atomic E-state index is 13.2. The number of ether oxygens (including phenoxy) is 1. The zero-order chi connectivity index (χ0) is 22.8. The molecule has 1 aliphatic carbocycles. The molecule has 0 fully saturated rings. The minimum Gasteiger partial charge on any atom is -0.382 e. The van der Waals surface area contributed by atoms with Gasteiger partial charge >= 0.3 is 0 Å². The minimum atomic E-state index is -0.0597. The highest BCUT2D eigenvalue weighted by Crippen LogP contribution is 2.33. The summed E-state index contributed by atoms with van der Waals surface area (Å²) in [5.41, 5.74) is 1.75. The SMILES string of the molecule is CCOCCCn1c(SCc2nc3sc4c(c3c(=O)[nH]2)CCCC4)nc2ccccc2c1=O. The van der Waals surface area contributed by atoms with E-state index in [1.165, 1.54) is 28.6 Å². The van der Waals surface area contributed by atoms with Crippen LogP contribution in [-0.2, 0) is 29.9 Å². The second-order valence-electron chi connectivity index (χ2n) is 8.11. The number of para-hydroxylation sites is 1. The number of nitrogens with zero attached hydrogens (tertiary/aromatic N) is 3. The molecule has 1 aliphatic rings. The summed E-state index contributed by atoms with van der Waals surface area (Å²) in [7, 11) is 0. The number of nitrogens with one attached hydrogen (secondary N) is 1. The van der Waals surface area contributed by atoms with Gasteiger partial charge in [0.05, 0.1) is 22.0 Å². The van der Waals surface area contributed by atoms with Crippen LogP contribution >= 0.6 is 23.1 Å². The van der Waals surface area contributed by atoms with Crippen LogP contribution in [0.1, 0.15) is 42.5 Å². The number of thioether (sulfide) groups is 1. The van der Waals surface area contributed by atoms with Gasteiger partial charge in [-0.15, -0.1) is 11.3 Å². The number of aryl methyl sites for hydroxylation is 2. The molecule has 1 N–H and O–H groups in total. The highest BCUT2D eigenvalue weighted by atomic mass is 32.2. The van der Waals surface area contributed by atoms with E-state index < -0.39 is 0 Å². The molecule has 0 radical (unpaired) electrons. The predicted molar refractivity (Wildman–Crippen MR) is 134 cm³/mol. The van der Waals surface area contributed by atoms with Gasteiger partial charge < -0.3 is 9.72 Å².